The highest BCUT2D eigenvalue weighted by molar-refractivity contribution is 6.34. The number of unbranched alkanes of at least 4 members (excludes halogenated alkanes) is 2. The van der Waals surface area contributed by atoms with Gasteiger partial charge < -0.3 is 4.74 Å². The zero-order valence-corrected chi connectivity index (χ0v) is 12.0. The molecule has 5 heteroatoms. The van der Waals surface area contributed by atoms with Crippen molar-refractivity contribution in [1.82, 2.24) is 5.32 Å². The molecule has 0 aliphatic heterocycles. The van der Waals surface area contributed by atoms with Gasteiger partial charge in [-0.2, -0.15) is 0 Å². The number of nitrogens with one attached hydrogen (secondary N) is 1. The third-order valence-electron chi connectivity index (χ3n) is 2.55. The largest absolute Gasteiger partial charge is 0.468 e. The monoisotopic (exact) mass is 282 g/mol. The lowest BCUT2D eigenvalue weighted by atomic mass is 10.2. The fourth-order valence-corrected chi connectivity index (χ4v) is 1.73. The van der Waals surface area contributed by atoms with Crippen LogP contribution < -0.4 is 5.32 Å². The summed E-state index contributed by atoms with van der Waals surface area (Å²) < 4.78 is 5.04. The standard InChI is InChI=1S/C14H19ClN2O2/c1-3-4-7-10-16-14(19-2)17-13(18)11-8-5-6-9-12(11)15/h5-6,8-9H,3-4,7,10H2,1-2H3,(H,16,17,18). The Bertz CT molecular complexity index is 447. The van der Waals surface area contributed by atoms with Crippen LogP contribution in [0, 0.1) is 0 Å². The lowest BCUT2D eigenvalue weighted by Gasteiger charge is -2.08. The molecule has 0 spiro atoms. The minimum Gasteiger partial charge on any atom is -0.468 e. The first kappa shape index (κ1) is 15.5. The molecule has 1 rings (SSSR count). The molecule has 0 fully saturated rings. The van der Waals surface area contributed by atoms with Crippen molar-refractivity contribution in [3.8, 4) is 0 Å². The van der Waals surface area contributed by atoms with Crippen LogP contribution in [0.1, 0.15) is 36.5 Å². The van der Waals surface area contributed by atoms with Gasteiger partial charge in [-0.25, -0.2) is 4.99 Å². The molecular formula is C14H19ClN2O2. The first-order chi connectivity index (χ1) is 9.19. The van der Waals surface area contributed by atoms with Crippen molar-refractivity contribution >= 4 is 23.5 Å². The van der Waals surface area contributed by atoms with Crippen LogP contribution in [0.25, 0.3) is 0 Å². The van der Waals surface area contributed by atoms with Crippen molar-refractivity contribution in [3.63, 3.8) is 0 Å². The summed E-state index contributed by atoms with van der Waals surface area (Å²) in [5.41, 5.74) is 0.405. The maximum atomic E-state index is 12.0. The first-order valence-electron chi connectivity index (χ1n) is 6.33. The van der Waals surface area contributed by atoms with Gasteiger partial charge >= 0.3 is 0 Å². The van der Waals surface area contributed by atoms with E-state index in [-0.39, 0.29) is 11.9 Å². The van der Waals surface area contributed by atoms with Crippen LogP contribution in [-0.4, -0.2) is 25.6 Å². The van der Waals surface area contributed by atoms with E-state index in [9.17, 15) is 4.79 Å². The van der Waals surface area contributed by atoms with E-state index in [4.69, 9.17) is 16.3 Å². The van der Waals surface area contributed by atoms with Crippen LogP contribution >= 0.6 is 11.6 Å². The summed E-state index contributed by atoms with van der Waals surface area (Å²) in [6, 6.07) is 7.07. The minimum absolute atomic E-state index is 0.223. The van der Waals surface area contributed by atoms with Gasteiger partial charge in [0.2, 0.25) is 0 Å². The highest BCUT2D eigenvalue weighted by Gasteiger charge is 2.11. The Labute approximate surface area is 118 Å². The number of ether oxygens (including phenoxy) is 1. The zero-order chi connectivity index (χ0) is 14.1. The van der Waals surface area contributed by atoms with Gasteiger partial charge in [0.05, 0.1) is 17.7 Å². The molecule has 1 aromatic carbocycles. The Kier molecular flexibility index (Phi) is 6.97. The second-order valence-corrected chi connectivity index (χ2v) is 4.44. The maximum absolute atomic E-state index is 12.0. The van der Waals surface area contributed by atoms with Crippen LogP contribution in [0.5, 0.6) is 0 Å². The molecule has 0 heterocycles. The average Bonchev–Trinajstić information content (AvgIpc) is 2.42. The predicted molar refractivity (Wildman–Crippen MR) is 77.8 cm³/mol. The molecule has 0 bridgehead atoms. The third kappa shape index (κ3) is 5.30. The number of aliphatic imine (C=N–C) groups is 1. The molecule has 1 amide bonds. The highest BCUT2D eigenvalue weighted by Crippen LogP contribution is 2.14. The molecule has 1 N–H and O–H groups in total. The molecule has 0 aromatic heterocycles. The number of halogens is 1. The molecule has 0 aliphatic carbocycles. The lowest BCUT2D eigenvalue weighted by Crippen LogP contribution is -2.32. The Morgan fingerprint density at radius 1 is 1.37 bits per heavy atom. The van der Waals surface area contributed by atoms with Crippen LogP contribution in [-0.2, 0) is 4.74 Å². The normalized spacial score (nSPS) is 11.2. The van der Waals surface area contributed by atoms with Crippen molar-refractivity contribution < 1.29 is 9.53 Å². The van der Waals surface area contributed by atoms with Gasteiger partial charge in [-0.15, -0.1) is 0 Å². The number of methoxy groups -OCH3 is 1. The summed E-state index contributed by atoms with van der Waals surface area (Å²) in [6.45, 7) is 2.76. The molecule has 0 radical (unpaired) electrons. The SMILES string of the molecule is CCCCCN=C(NC(=O)c1ccccc1Cl)OC. The molecule has 0 aliphatic rings. The molecule has 4 nitrogen and oxygen atoms in total. The average molecular weight is 283 g/mol. The smallest absolute Gasteiger partial charge is 0.291 e. The van der Waals surface area contributed by atoms with Crippen molar-refractivity contribution in [3.05, 3.63) is 34.9 Å². The van der Waals surface area contributed by atoms with Gasteiger partial charge in [0.25, 0.3) is 11.9 Å². The van der Waals surface area contributed by atoms with Crippen LogP contribution in [0.3, 0.4) is 0 Å². The third-order valence-corrected chi connectivity index (χ3v) is 2.88. The van der Waals surface area contributed by atoms with Crippen molar-refractivity contribution in [2.24, 2.45) is 4.99 Å². The van der Waals surface area contributed by atoms with E-state index in [2.05, 4.69) is 17.2 Å². The summed E-state index contributed by atoms with van der Waals surface area (Å²) in [5, 5.41) is 3.01. The number of nitrogens with zero attached hydrogens (tertiary/aromatic N) is 1. The Morgan fingerprint density at radius 2 is 2.11 bits per heavy atom. The Balaban J connectivity index is 2.61. The molecule has 0 saturated carbocycles. The molecule has 0 saturated heterocycles. The fourth-order valence-electron chi connectivity index (χ4n) is 1.51. The van der Waals surface area contributed by atoms with Gasteiger partial charge in [0, 0.05) is 6.54 Å². The Hall–Kier alpha value is -1.55. The summed E-state index contributed by atoms with van der Waals surface area (Å²) in [5.74, 6) is -0.318. The van der Waals surface area contributed by atoms with Gasteiger partial charge in [-0.3, -0.25) is 10.1 Å². The number of hydrogen-bond donors (Lipinski definition) is 1. The van der Waals surface area contributed by atoms with Crippen molar-refractivity contribution in [2.45, 2.75) is 26.2 Å². The van der Waals surface area contributed by atoms with E-state index in [0.717, 1.165) is 19.3 Å². The van der Waals surface area contributed by atoms with Gasteiger partial charge in [0.1, 0.15) is 0 Å². The van der Waals surface area contributed by atoms with E-state index in [1.165, 1.54) is 7.11 Å². The minimum atomic E-state index is -0.318. The molecule has 1 aromatic rings. The van der Waals surface area contributed by atoms with Gasteiger partial charge in [-0.05, 0) is 18.6 Å². The second-order valence-electron chi connectivity index (χ2n) is 4.03. The first-order valence-corrected chi connectivity index (χ1v) is 6.71. The number of benzene rings is 1. The zero-order valence-electron chi connectivity index (χ0n) is 11.3. The van der Waals surface area contributed by atoms with E-state index < -0.39 is 0 Å². The fraction of sp³-hybridized carbons (Fsp3) is 0.429. The van der Waals surface area contributed by atoms with Crippen molar-refractivity contribution in [2.75, 3.05) is 13.7 Å². The van der Waals surface area contributed by atoms with E-state index in [1.807, 2.05) is 0 Å². The summed E-state index contributed by atoms with van der Waals surface area (Å²) in [4.78, 5) is 16.2. The van der Waals surface area contributed by atoms with Crippen LogP contribution in [0.15, 0.2) is 29.3 Å². The van der Waals surface area contributed by atoms with Gasteiger partial charge in [0.15, 0.2) is 0 Å². The molecular weight excluding hydrogens is 264 g/mol. The highest BCUT2D eigenvalue weighted by atomic mass is 35.5. The van der Waals surface area contributed by atoms with Gasteiger partial charge in [-0.1, -0.05) is 43.5 Å². The number of carbonyl (C=O) groups is 1. The molecule has 104 valence electrons. The van der Waals surface area contributed by atoms with E-state index in [0.29, 0.717) is 17.1 Å². The molecule has 0 unspecified atom stereocenters. The topological polar surface area (TPSA) is 50.7 Å². The van der Waals surface area contributed by atoms with Crippen molar-refractivity contribution in [1.29, 1.82) is 0 Å². The lowest BCUT2D eigenvalue weighted by molar-refractivity contribution is 0.0968. The van der Waals surface area contributed by atoms with Crippen LogP contribution in [0.4, 0.5) is 0 Å². The molecule has 19 heavy (non-hydrogen) atoms. The number of hydrogen-bond acceptors (Lipinski definition) is 3. The number of rotatable bonds is 5. The number of amides is 1. The number of amidine groups is 1. The summed E-state index contributed by atoms with van der Waals surface area (Å²) in [7, 11) is 1.48. The summed E-state index contributed by atoms with van der Waals surface area (Å²) >= 11 is 5.95. The Morgan fingerprint density at radius 3 is 2.74 bits per heavy atom. The number of carbonyl (C=O) groups excluding carboxylic acids is 1. The second kappa shape index (κ2) is 8.53. The van der Waals surface area contributed by atoms with E-state index >= 15 is 0 Å². The van der Waals surface area contributed by atoms with Crippen LogP contribution in [0.2, 0.25) is 5.02 Å². The quantitative estimate of drug-likeness (QED) is 0.512. The maximum Gasteiger partial charge on any atom is 0.291 e. The predicted octanol–water partition coefficient (Wildman–Crippen LogP) is 3.26. The summed E-state index contributed by atoms with van der Waals surface area (Å²) in [6.07, 6.45) is 3.22. The van der Waals surface area contributed by atoms with E-state index in [1.54, 1.807) is 24.3 Å². The molecule has 0 atom stereocenters.